The van der Waals surface area contributed by atoms with Crippen molar-refractivity contribution in [3.8, 4) is 11.5 Å². The summed E-state index contributed by atoms with van der Waals surface area (Å²) in [6.45, 7) is 1.23. The van der Waals surface area contributed by atoms with Crippen LogP contribution in [0.15, 0.2) is 54.7 Å². The lowest BCUT2D eigenvalue weighted by Crippen LogP contribution is -2.27. The van der Waals surface area contributed by atoms with Crippen LogP contribution in [0.2, 0.25) is 0 Å². The SMILES string of the molecule is COc1ccccc1OCC(=O)O[C@@H](C)C(=O)c1c[nH]c2ccccc12. The van der Waals surface area contributed by atoms with Gasteiger partial charge in [-0.3, -0.25) is 4.79 Å². The van der Waals surface area contributed by atoms with Crippen LogP contribution in [0.3, 0.4) is 0 Å². The van der Waals surface area contributed by atoms with E-state index in [1.165, 1.54) is 7.11 Å². The minimum atomic E-state index is -0.914. The van der Waals surface area contributed by atoms with Crippen molar-refractivity contribution < 1.29 is 23.8 Å². The molecule has 1 heterocycles. The highest BCUT2D eigenvalue weighted by Gasteiger charge is 2.22. The topological polar surface area (TPSA) is 77.6 Å². The summed E-state index contributed by atoms with van der Waals surface area (Å²) in [5.41, 5.74) is 1.35. The average Bonchev–Trinajstić information content (AvgIpc) is 3.10. The van der Waals surface area contributed by atoms with E-state index < -0.39 is 12.1 Å². The highest BCUT2D eigenvalue weighted by Crippen LogP contribution is 2.25. The molecule has 6 nitrogen and oxygen atoms in total. The van der Waals surface area contributed by atoms with Gasteiger partial charge in [0.25, 0.3) is 0 Å². The quantitative estimate of drug-likeness (QED) is 0.520. The minimum absolute atomic E-state index is 0.270. The van der Waals surface area contributed by atoms with Crippen molar-refractivity contribution in [3.63, 3.8) is 0 Å². The molecule has 0 saturated heterocycles. The first-order chi connectivity index (χ1) is 12.6. The van der Waals surface area contributed by atoms with Gasteiger partial charge in [0.05, 0.1) is 7.11 Å². The minimum Gasteiger partial charge on any atom is -0.493 e. The molecule has 6 heteroatoms. The second-order valence-corrected chi connectivity index (χ2v) is 5.68. The standard InChI is InChI=1S/C20H19NO5/c1-13(20(23)15-11-21-16-8-4-3-7-14(15)16)26-19(22)12-25-18-10-6-5-9-17(18)24-2/h3-11,13,21H,12H2,1-2H3/t13-/m0/s1. The fourth-order valence-electron chi connectivity index (χ4n) is 2.65. The van der Waals surface area contributed by atoms with Gasteiger partial charge < -0.3 is 19.2 Å². The zero-order chi connectivity index (χ0) is 18.5. The molecule has 26 heavy (non-hydrogen) atoms. The monoisotopic (exact) mass is 353 g/mol. The lowest BCUT2D eigenvalue weighted by Gasteiger charge is -2.13. The number of H-pyrrole nitrogens is 1. The van der Waals surface area contributed by atoms with E-state index in [4.69, 9.17) is 14.2 Å². The third-order valence-electron chi connectivity index (χ3n) is 3.95. The van der Waals surface area contributed by atoms with Crippen molar-refractivity contribution in [2.75, 3.05) is 13.7 Å². The highest BCUT2D eigenvalue weighted by molar-refractivity contribution is 6.10. The molecule has 1 N–H and O–H groups in total. The first-order valence-corrected chi connectivity index (χ1v) is 8.15. The molecule has 0 aliphatic rings. The third kappa shape index (κ3) is 3.69. The number of nitrogens with one attached hydrogen (secondary N) is 1. The van der Waals surface area contributed by atoms with E-state index in [9.17, 15) is 9.59 Å². The van der Waals surface area contributed by atoms with Crippen LogP contribution in [0.4, 0.5) is 0 Å². The number of aromatic nitrogens is 1. The number of ketones is 1. The molecule has 2 aromatic carbocycles. The Morgan fingerprint density at radius 3 is 2.50 bits per heavy atom. The van der Waals surface area contributed by atoms with Gasteiger partial charge >= 0.3 is 5.97 Å². The summed E-state index contributed by atoms with van der Waals surface area (Å²) in [6, 6.07) is 14.4. The van der Waals surface area contributed by atoms with Crippen LogP contribution in [-0.4, -0.2) is 36.6 Å². The second kappa shape index (κ2) is 7.74. The predicted molar refractivity (Wildman–Crippen MR) is 96.7 cm³/mol. The van der Waals surface area contributed by atoms with E-state index in [1.54, 1.807) is 37.4 Å². The maximum absolute atomic E-state index is 12.6. The van der Waals surface area contributed by atoms with E-state index >= 15 is 0 Å². The Labute approximate surface area is 150 Å². The molecule has 3 aromatic rings. The second-order valence-electron chi connectivity index (χ2n) is 5.68. The van der Waals surface area contributed by atoms with E-state index in [-0.39, 0.29) is 12.4 Å². The summed E-state index contributed by atoms with van der Waals surface area (Å²) in [4.78, 5) is 27.6. The largest absolute Gasteiger partial charge is 0.493 e. The Kier molecular flexibility index (Phi) is 5.22. The summed E-state index contributed by atoms with van der Waals surface area (Å²) in [5, 5.41) is 0.797. The Bertz CT molecular complexity index is 931. The van der Waals surface area contributed by atoms with E-state index in [2.05, 4.69) is 4.98 Å². The number of methoxy groups -OCH3 is 1. The maximum Gasteiger partial charge on any atom is 0.344 e. The zero-order valence-corrected chi connectivity index (χ0v) is 14.5. The number of hydrogen-bond donors (Lipinski definition) is 1. The summed E-state index contributed by atoms with van der Waals surface area (Å²) < 4.78 is 15.8. The van der Waals surface area contributed by atoms with Gasteiger partial charge in [-0.1, -0.05) is 30.3 Å². The number of Topliss-reactive ketones (excluding diaryl/α,β-unsaturated/α-hetero) is 1. The molecule has 0 unspecified atom stereocenters. The molecule has 0 radical (unpaired) electrons. The molecular formula is C20H19NO5. The lowest BCUT2D eigenvalue weighted by atomic mass is 10.1. The lowest BCUT2D eigenvalue weighted by molar-refractivity contribution is -0.148. The van der Waals surface area contributed by atoms with Crippen LogP contribution < -0.4 is 9.47 Å². The molecule has 0 amide bonds. The van der Waals surface area contributed by atoms with Gasteiger partial charge in [-0.2, -0.15) is 0 Å². The van der Waals surface area contributed by atoms with Crippen molar-refractivity contribution in [1.29, 1.82) is 0 Å². The smallest absolute Gasteiger partial charge is 0.344 e. The van der Waals surface area contributed by atoms with Crippen LogP contribution in [0.1, 0.15) is 17.3 Å². The normalized spacial score (nSPS) is 11.8. The summed E-state index contributed by atoms with van der Waals surface area (Å²) >= 11 is 0. The fourth-order valence-corrected chi connectivity index (χ4v) is 2.65. The van der Waals surface area contributed by atoms with Gasteiger partial charge in [-0.05, 0) is 25.1 Å². The molecule has 134 valence electrons. The number of aromatic amines is 1. The number of rotatable bonds is 7. The molecule has 1 aromatic heterocycles. The summed E-state index contributed by atoms with van der Waals surface area (Å²) in [5.74, 6) is 0.0514. The third-order valence-corrected chi connectivity index (χ3v) is 3.95. The molecule has 0 fully saturated rings. The molecular weight excluding hydrogens is 334 g/mol. The first-order valence-electron chi connectivity index (χ1n) is 8.15. The Morgan fingerprint density at radius 2 is 1.73 bits per heavy atom. The van der Waals surface area contributed by atoms with Crippen molar-refractivity contribution in [2.24, 2.45) is 0 Å². The number of fused-ring (bicyclic) bond motifs is 1. The maximum atomic E-state index is 12.6. The number of hydrogen-bond acceptors (Lipinski definition) is 5. The van der Waals surface area contributed by atoms with Crippen molar-refractivity contribution in [2.45, 2.75) is 13.0 Å². The van der Waals surface area contributed by atoms with Crippen LogP contribution in [-0.2, 0) is 9.53 Å². The van der Waals surface area contributed by atoms with Gasteiger partial charge in [0.1, 0.15) is 0 Å². The molecule has 3 rings (SSSR count). The fraction of sp³-hybridized carbons (Fsp3) is 0.200. The van der Waals surface area contributed by atoms with Gasteiger partial charge in [-0.25, -0.2) is 4.79 Å². The Hall–Kier alpha value is -3.28. The average molecular weight is 353 g/mol. The van der Waals surface area contributed by atoms with Crippen LogP contribution in [0.5, 0.6) is 11.5 Å². The number of para-hydroxylation sites is 3. The van der Waals surface area contributed by atoms with Gasteiger partial charge in [0, 0.05) is 22.7 Å². The van der Waals surface area contributed by atoms with Gasteiger partial charge in [-0.15, -0.1) is 0 Å². The molecule has 0 aliphatic heterocycles. The summed E-state index contributed by atoms with van der Waals surface area (Å²) in [6.07, 6.45) is 0.714. The van der Waals surface area contributed by atoms with Crippen molar-refractivity contribution in [1.82, 2.24) is 4.98 Å². The van der Waals surface area contributed by atoms with Crippen LogP contribution in [0.25, 0.3) is 10.9 Å². The number of benzene rings is 2. The van der Waals surface area contributed by atoms with E-state index in [0.717, 1.165) is 10.9 Å². The van der Waals surface area contributed by atoms with Gasteiger partial charge in [0.2, 0.25) is 5.78 Å². The predicted octanol–water partition coefficient (Wildman–Crippen LogP) is 3.37. The van der Waals surface area contributed by atoms with Crippen molar-refractivity contribution >= 4 is 22.7 Å². The molecule has 0 saturated carbocycles. The van der Waals surface area contributed by atoms with Crippen molar-refractivity contribution in [3.05, 3.63) is 60.3 Å². The summed E-state index contributed by atoms with van der Waals surface area (Å²) in [7, 11) is 1.52. The van der Waals surface area contributed by atoms with Crippen LogP contribution >= 0.6 is 0 Å². The Morgan fingerprint density at radius 1 is 1.04 bits per heavy atom. The zero-order valence-electron chi connectivity index (χ0n) is 14.5. The first kappa shape index (κ1) is 17.5. The number of ether oxygens (including phenoxy) is 3. The number of esters is 1. The van der Waals surface area contributed by atoms with Gasteiger partial charge in [0.15, 0.2) is 24.2 Å². The molecule has 0 aliphatic carbocycles. The molecule has 0 bridgehead atoms. The van der Waals surface area contributed by atoms with E-state index in [1.807, 2.05) is 24.3 Å². The van der Waals surface area contributed by atoms with Crippen LogP contribution in [0, 0.1) is 0 Å². The van der Waals surface area contributed by atoms with E-state index in [0.29, 0.717) is 17.1 Å². The number of carbonyl (C=O) groups excluding carboxylic acids is 2. The Balaban J connectivity index is 1.61. The molecule has 0 spiro atoms. The highest BCUT2D eigenvalue weighted by atomic mass is 16.6. The number of carbonyl (C=O) groups is 2. The molecule has 1 atom stereocenters.